The van der Waals surface area contributed by atoms with Crippen molar-refractivity contribution in [1.29, 1.82) is 0 Å². The highest BCUT2D eigenvalue weighted by Crippen LogP contribution is 2.35. The van der Waals surface area contributed by atoms with Gasteiger partial charge in [0.05, 0.1) is 0 Å². The summed E-state index contributed by atoms with van der Waals surface area (Å²) in [6.07, 6.45) is 5.57. The van der Waals surface area contributed by atoms with Crippen molar-refractivity contribution < 1.29 is 0 Å². The summed E-state index contributed by atoms with van der Waals surface area (Å²) in [5.41, 5.74) is 5.75. The number of nitrogens with two attached hydrogens (primary N) is 1. The Labute approximate surface area is 96.7 Å². The van der Waals surface area contributed by atoms with Crippen LogP contribution in [-0.4, -0.2) is 18.1 Å². The van der Waals surface area contributed by atoms with Crippen molar-refractivity contribution in [3.8, 4) is 0 Å². The first kappa shape index (κ1) is 9.94. The lowest BCUT2D eigenvalue weighted by atomic mass is 10.3. The second-order valence-corrected chi connectivity index (χ2v) is 5.21. The van der Waals surface area contributed by atoms with E-state index in [1.54, 1.807) is 0 Å². The third-order valence-corrected chi connectivity index (χ3v) is 3.43. The Balaban J connectivity index is 1.73. The summed E-state index contributed by atoms with van der Waals surface area (Å²) in [7, 11) is 0. The first-order valence-corrected chi connectivity index (χ1v) is 6.29. The van der Waals surface area contributed by atoms with Gasteiger partial charge in [-0.25, -0.2) is 4.98 Å². The molecule has 0 aromatic carbocycles. The van der Waals surface area contributed by atoms with Crippen molar-refractivity contribution in [3.63, 3.8) is 0 Å². The highest BCUT2D eigenvalue weighted by molar-refractivity contribution is 5.45. The third kappa shape index (κ3) is 2.46. The van der Waals surface area contributed by atoms with E-state index in [9.17, 15) is 0 Å². The fraction of sp³-hybridized carbons (Fsp3) is 0.615. The Kier molecular flexibility index (Phi) is 2.46. The molecule has 0 saturated heterocycles. The minimum atomic E-state index is 0.633. The molecule has 1 aromatic heterocycles. The summed E-state index contributed by atoms with van der Waals surface area (Å²) in [5.74, 6) is 3.51. The van der Waals surface area contributed by atoms with Gasteiger partial charge < -0.3 is 10.6 Å². The topological polar surface area (TPSA) is 42.1 Å². The van der Waals surface area contributed by atoms with Crippen molar-refractivity contribution in [1.82, 2.24) is 4.98 Å². The van der Waals surface area contributed by atoms with Gasteiger partial charge in [-0.3, -0.25) is 0 Å². The summed E-state index contributed by atoms with van der Waals surface area (Å²) in [4.78, 5) is 6.88. The van der Waals surface area contributed by atoms with Crippen molar-refractivity contribution in [3.05, 3.63) is 18.2 Å². The number of hydrogen-bond donors (Lipinski definition) is 1. The standard InChI is InChI=1S/C13H19N3/c14-12-2-1-3-13(15-12)16(8-10-4-5-10)9-11-6-7-11/h1-3,10-11H,4-9H2,(H2,14,15). The third-order valence-electron chi connectivity index (χ3n) is 3.43. The molecule has 2 saturated carbocycles. The van der Waals surface area contributed by atoms with Crippen LogP contribution in [0.5, 0.6) is 0 Å². The Morgan fingerprint density at radius 3 is 2.25 bits per heavy atom. The lowest BCUT2D eigenvalue weighted by molar-refractivity contribution is 0.672. The number of anilines is 2. The van der Waals surface area contributed by atoms with Crippen LogP contribution in [0.3, 0.4) is 0 Å². The maximum Gasteiger partial charge on any atom is 0.130 e. The van der Waals surface area contributed by atoms with Crippen molar-refractivity contribution >= 4 is 11.6 Å². The van der Waals surface area contributed by atoms with E-state index in [2.05, 4.69) is 16.0 Å². The van der Waals surface area contributed by atoms with Gasteiger partial charge in [-0.2, -0.15) is 0 Å². The second kappa shape index (κ2) is 3.96. The molecule has 0 bridgehead atoms. The molecular formula is C13H19N3. The molecule has 3 heteroatoms. The highest BCUT2D eigenvalue weighted by atomic mass is 15.2. The van der Waals surface area contributed by atoms with E-state index < -0.39 is 0 Å². The minimum Gasteiger partial charge on any atom is -0.384 e. The van der Waals surface area contributed by atoms with Crippen LogP contribution in [0.25, 0.3) is 0 Å². The molecule has 2 aliphatic rings. The monoisotopic (exact) mass is 217 g/mol. The van der Waals surface area contributed by atoms with Gasteiger partial charge in [-0.05, 0) is 49.7 Å². The second-order valence-electron chi connectivity index (χ2n) is 5.21. The Morgan fingerprint density at radius 1 is 1.12 bits per heavy atom. The molecule has 1 aromatic rings. The Bertz CT molecular complexity index is 355. The number of aromatic nitrogens is 1. The average molecular weight is 217 g/mol. The molecule has 2 fully saturated rings. The molecule has 1 heterocycles. The van der Waals surface area contributed by atoms with Crippen molar-refractivity contribution in [2.75, 3.05) is 23.7 Å². The number of rotatable bonds is 5. The lowest BCUT2D eigenvalue weighted by Gasteiger charge is -2.23. The van der Waals surface area contributed by atoms with E-state index >= 15 is 0 Å². The van der Waals surface area contributed by atoms with Crippen molar-refractivity contribution in [2.45, 2.75) is 25.7 Å². The zero-order chi connectivity index (χ0) is 11.0. The summed E-state index contributed by atoms with van der Waals surface area (Å²) in [6.45, 7) is 2.35. The molecule has 0 radical (unpaired) electrons. The minimum absolute atomic E-state index is 0.633. The van der Waals surface area contributed by atoms with Gasteiger partial charge in [-0.1, -0.05) is 6.07 Å². The van der Waals surface area contributed by atoms with Crippen LogP contribution < -0.4 is 10.6 Å². The molecule has 3 rings (SSSR count). The predicted molar refractivity (Wildman–Crippen MR) is 66.3 cm³/mol. The van der Waals surface area contributed by atoms with Crippen LogP contribution in [0.15, 0.2) is 18.2 Å². The zero-order valence-electron chi connectivity index (χ0n) is 9.60. The molecule has 86 valence electrons. The Morgan fingerprint density at radius 2 is 1.75 bits per heavy atom. The summed E-state index contributed by atoms with van der Waals surface area (Å²) >= 11 is 0. The van der Waals surface area contributed by atoms with Crippen LogP contribution in [0.1, 0.15) is 25.7 Å². The average Bonchev–Trinajstić information content (AvgIpc) is 3.11. The summed E-state index contributed by atoms with van der Waals surface area (Å²) < 4.78 is 0. The van der Waals surface area contributed by atoms with Gasteiger partial charge in [0.15, 0.2) is 0 Å². The van der Waals surface area contributed by atoms with Gasteiger partial charge in [0.25, 0.3) is 0 Å². The number of nitrogen functional groups attached to an aromatic ring is 1. The quantitative estimate of drug-likeness (QED) is 0.822. The summed E-state index contributed by atoms with van der Waals surface area (Å²) in [5, 5.41) is 0. The molecule has 0 amide bonds. The molecule has 0 spiro atoms. The Hall–Kier alpha value is -1.25. The van der Waals surface area contributed by atoms with Crippen LogP contribution in [0, 0.1) is 11.8 Å². The van der Waals surface area contributed by atoms with Crippen molar-refractivity contribution in [2.24, 2.45) is 11.8 Å². The molecular weight excluding hydrogens is 198 g/mol. The molecule has 16 heavy (non-hydrogen) atoms. The largest absolute Gasteiger partial charge is 0.384 e. The lowest BCUT2D eigenvalue weighted by Crippen LogP contribution is -2.29. The predicted octanol–water partition coefficient (Wildman–Crippen LogP) is 2.29. The maximum absolute atomic E-state index is 5.75. The maximum atomic E-state index is 5.75. The van der Waals surface area contributed by atoms with Gasteiger partial charge >= 0.3 is 0 Å². The van der Waals surface area contributed by atoms with E-state index in [0.717, 1.165) is 17.7 Å². The normalized spacial score (nSPS) is 19.8. The molecule has 2 aliphatic carbocycles. The molecule has 0 atom stereocenters. The first-order chi connectivity index (χ1) is 7.81. The van der Waals surface area contributed by atoms with Gasteiger partial charge in [0.2, 0.25) is 0 Å². The van der Waals surface area contributed by atoms with E-state index in [-0.39, 0.29) is 0 Å². The zero-order valence-corrected chi connectivity index (χ0v) is 9.60. The van der Waals surface area contributed by atoms with E-state index in [4.69, 9.17) is 5.73 Å². The van der Waals surface area contributed by atoms with Gasteiger partial charge in [0, 0.05) is 13.1 Å². The SMILES string of the molecule is Nc1cccc(N(CC2CC2)CC2CC2)n1. The highest BCUT2D eigenvalue weighted by Gasteiger charge is 2.29. The van der Waals surface area contributed by atoms with E-state index in [0.29, 0.717) is 5.82 Å². The first-order valence-electron chi connectivity index (χ1n) is 6.29. The van der Waals surface area contributed by atoms with Crippen LogP contribution in [0.4, 0.5) is 11.6 Å². The fourth-order valence-electron chi connectivity index (χ4n) is 2.10. The smallest absolute Gasteiger partial charge is 0.130 e. The number of pyridine rings is 1. The van der Waals surface area contributed by atoms with Crippen LogP contribution in [-0.2, 0) is 0 Å². The molecule has 0 unspecified atom stereocenters. The number of hydrogen-bond acceptors (Lipinski definition) is 3. The molecule has 0 aliphatic heterocycles. The van der Waals surface area contributed by atoms with Gasteiger partial charge in [-0.15, -0.1) is 0 Å². The van der Waals surface area contributed by atoms with Crippen LogP contribution >= 0.6 is 0 Å². The van der Waals surface area contributed by atoms with E-state index in [1.165, 1.54) is 38.8 Å². The molecule has 2 N–H and O–H groups in total. The van der Waals surface area contributed by atoms with Gasteiger partial charge in [0.1, 0.15) is 11.6 Å². The number of nitrogens with zero attached hydrogens (tertiary/aromatic N) is 2. The summed E-state index contributed by atoms with van der Waals surface area (Å²) in [6, 6.07) is 5.95. The van der Waals surface area contributed by atoms with E-state index in [1.807, 2.05) is 12.1 Å². The fourth-order valence-corrected chi connectivity index (χ4v) is 2.10. The molecule has 3 nitrogen and oxygen atoms in total. The van der Waals surface area contributed by atoms with Crippen LogP contribution in [0.2, 0.25) is 0 Å².